The fraction of sp³-hybridized carbons (Fsp3) is 0.440. The summed E-state index contributed by atoms with van der Waals surface area (Å²) in [6, 6.07) is 7.35. The summed E-state index contributed by atoms with van der Waals surface area (Å²) in [5.74, 6) is -3.11. The van der Waals surface area contributed by atoms with Gasteiger partial charge in [-0.3, -0.25) is 9.59 Å². The third-order valence-corrected chi connectivity index (χ3v) is 7.08. The molecule has 1 aliphatic carbocycles. The Morgan fingerprint density at radius 3 is 2.74 bits per heavy atom. The zero-order chi connectivity index (χ0) is 24.7. The molecule has 35 heavy (non-hydrogen) atoms. The number of nitrogens with zero attached hydrogens (tertiary/aromatic N) is 4. The van der Waals surface area contributed by atoms with Crippen LogP contribution in [0.1, 0.15) is 48.1 Å². The van der Waals surface area contributed by atoms with Gasteiger partial charge in [-0.15, -0.1) is 0 Å². The van der Waals surface area contributed by atoms with Gasteiger partial charge in [0.25, 0.3) is 5.91 Å². The standard InChI is InChI=1S/C25H28F2N6O2/c1-15(18-9-16-5-7-28-22(16)30-13-18)31-21-4-3-17(12-29-21)24(35)33-8-6-20(14-33)32(2)23(34)19-10-25(26,27)11-19/h3-5,7,9,12-13,15,19-20H,6,8,10-11,14H2,1-2H3,(H,28,30)(H,29,31)/t15-,20-/m0/s1. The van der Waals surface area contributed by atoms with Crippen molar-refractivity contribution in [2.24, 2.45) is 5.92 Å². The number of carbonyl (C=O) groups is 2. The van der Waals surface area contributed by atoms with E-state index in [9.17, 15) is 18.4 Å². The minimum absolute atomic E-state index is 0.0288. The molecule has 8 nitrogen and oxygen atoms in total. The van der Waals surface area contributed by atoms with Crippen LogP contribution in [0.3, 0.4) is 0 Å². The summed E-state index contributed by atoms with van der Waals surface area (Å²) in [7, 11) is 1.64. The summed E-state index contributed by atoms with van der Waals surface area (Å²) in [6.45, 7) is 2.91. The Morgan fingerprint density at radius 2 is 2.03 bits per heavy atom. The lowest BCUT2D eigenvalue weighted by Crippen LogP contribution is -2.49. The Morgan fingerprint density at radius 1 is 1.23 bits per heavy atom. The number of alkyl halides is 2. The largest absolute Gasteiger partial charge is 0.363 e. The number of anilines is 1. The molecular weight excluding hydrogens is 454 g/mol. The SMILES string of the molecule is C[C@H](Nc1ccc(C(=O)N2CC[C@H](N(C)C(=O)C3CC(F)(F)C3)C2)cn1)c1cnc2[nH]ccc2c1. The topological polar surface area (TPSA) is 94.2 Å². The molecule has 3 aromatic heterocycles. The molecule has 1 saturated heterocycles. The van der Waals surface area contributed by atoms with Crippen molar-refractivity contribution in [1.29, 1.82) is 0 Å². The molecule has 2 fully saturated rings. The zero-order valence-electron chi connectivity index (χ0n) is 19.7. The van der Waals surface area contributed by atoms with E-state index in [0.29, 0.717) is 30.9 Å². The minimum Gasteiger partial charge on any atom is -0.363 e. The molecule has 0 aromatic carbocycles. The molecule has 184 valence electrons. The van der Waals surface area contributed by atoms with E-state index in [1.54, 1.807) is 35.2 Å². The van der Waals surface area contributed by atoms with E-state index in [-0.39, 0.29) is 36.7 Å². The van der Waals surface area contributed by atoms with Gasteiger partial charge in [0, 0.05) is 62.9 Å². The fourth-order valence-electron chi connectivity index (χ4n) is 4.83. The lowest BCUT2D eigenvalue weighted by Gasteiger charge is -2.37. The highest BCUT2D eigenvalue weighted by molar-refractivity contribution is 5.94. The molecule has 1 saturated carbocycles. The first kappa shape index (κ1) is 23.2. The number of amides is 2. The average molecular weight is 483 g/mol. The average Bonchev–Trinajstić information content (AvgIpc) is 3.51. The van der Waals surface area contributed by atoms with Crippen molar-refractivity contribution in [2.45, 2.75) is 44.2 Å². The molecule has 2 amide bonds. The van der Waals surface area contributed by atoms with Crippen molar-refractivity contribution >= 4 is 28.7 Å². The van der Waals surface area contributed by atoms with Gasteiger partial charge >= 0.3 is 0 Å². The number of halogens is 2. The van der Waals surface area contributed by atoms with Crippen LogP contribution in [-0.2, 0) is 4.79 Å². The van der Waals surface area contributed by atoms with E-state index in [1.807, 2.05) is 25.4 Å². The summed E-state index contributed by atoms with van der Waals surface area (Å²) in [4.78, 5) is 40.6. The molecule has 10 heteroatoms. The number of hydrogen-bond donors (Lipinski definition) is 2. The summed E-state index contributed by atoms with van der Waals surface area (Å²) in [6.07, 6.45) is 5.08. The van der Waals surface area contributed by atoms with E-state index >= 15 is 0 Å². The van der Waals surface area contributed by atoms with Crippen LogP contribution in [0.15, 0.2) is 42.9 Å². The molecule has 0 spiro atoms. The van der Waals surface area contributed by atoms with Gasteiger partial charge in [-0.1, -0.05) is 0 Å². The highest BCUT2D eigenvalue weighted by atomic mass is 19.3. The number of carbonyl (C=O) groups excluding carboxylic acids is 2. The van der Waals surface area contributed by atoms with Crippen molar-refractivity contribution in [2.75, 3.05) is 25.5 Å². The molecular formula is C25H28F2N6O2. The van der Waals surface area contributed by atoms with Crippen LogP contribution in [0.25, 0.3) is 11.0 Å². The van der Waals surface area contributed by atoms with Crippen molar-refractivity contribution in [1.82, 2.24) is 24.8 Å². The fourth-order valence-corrected chi connectivity index (χ4v) is 4.83. The molecule has 1 aliphatic heterocycles. The Hall–Kier alpha value is -3.56. The number of aromatic amines is 1. The van der Waals surface area contributed by atoms with Gasteiger partial charge in [0.15, 0.2) is 0 Å². The van der Waals surface area contributed by atoms with Crippen LogP contribution in [0, 0.1) is 5.92 Å². The highest BCUT2D eigenvalue weighted by Gasteiger charge is 2.50. The molecule has 2 aliphatic rings. The van der Waals surface area contributed by atoms with Gasteiger partial charge in [-0.25, -0.2) is 18.7 Å². The smallest absolute Gasteiger partial charge is 0.255 e. The third kappa shape index (κ3) is 4.69. The molecule has 4 heterocycles. The maximum absolute atomic E-state index is 13.1. The summed E-state index contributed by atoms with van der Waals surface area (Å²) in [5, 5.41) is 4.36. The Kier molecular flexibility index (Phi) is 5.90. The number of likely N-dealkylation sites (tertiary alicyclic amines) is 1. The molecule has 0 unspecified atom stereocenters. The maximum atomic E-state index is 13.1. The highest BCUT2D eigenvalue weighted by Crippen LogP contribution is 2.43. The first-order chi connectivity index (χ1) is 16.7. The Bertz CT molecular complexity index is 1240. The summed E-state index contributed by atoms with van der Waals surface area (Å²) < 4.78 is 26.3. The molecule has 2 N–H and O–H groups in total. The second-order valence-electron chi connectivity index (χ2n) is 9.59. The van der Waals surface area contributed by atoms with E-state index in [2.05, 4.69) is 26.3 Å². The monoisotopic (exact) mass is 482 g/mol. The van der Waals surface area contributed by atoms with Crippen LogP contribution in [0.2, 0.25) is 0 Å². The van der Waals surface area contributed by atoms with Gasteiger partial charge in [-0.2, -0.15) is 0 Å². The Balaban J connectivity index is 1.16. The summed E-state index contributed by atoms with van der Waals surface area (Å²) >= 11 is 0. The number of fused-ring (bicyclic) bond motifs is 1. The Labute approximate surface area is 201 Å². The van der Waals surface area contributed by atoms with Gasteiger partial charge in [0.2, 0.25) is 11.8 Å². The van der Waals surface area contributed by atoms with Crippen molar-refractivity contribution < 1.29 is 18.4 Å². The molecule has 5 rings (SSSR count). The van der Waals surface area contributed by atoms with E-state index in [1.165, 1.54) is 0 Å². The second kappa shape index (κ2) is 8.90. The van der Waals surface area contributed by atoms with Gasteiger partial charge in [0.1, 0.15) is 11.5 Å². The second-order valence-corrected chi connectivity index (χ2v) is 9.59. The minimum atomic E-state index is -2.72. The van der Waals surface area contributed by atoms with Crippen LogP contribution in [0.4, 0.5) is 14.6 Å². The van der Waals surface area contributed by atoms with Crippen molar-refractivity contribution in [3.63, 3.8) is 0 Å². The van der Waals surface area contributed by atoms with E-state index < -0.39 is 11.8 Å². The molecule has 0 radical (unpaired) electrons. The number of hydrogen-bond acceptors (Lipinski definition) is 5. The van der Waals surface area contributed by atoms with Crippen LogP contribution >= 0.6 is 0 Å². The van der Waals surface area contributed by atoms with Crippen molar-refractivity contribution in [3.8, 4) is 0 Å². The molecule has 0 bridgehead atoms. The lowest BCUT2D eigenvalue weighted by atomic mass is 9.80. The normalized spacial score (nSPS) is 20.5. The first-order valence-electron chi connectivity index (χ1n) is 11.8. The van der Waals surface area contributed by atoms with Crippen LogP contribution in [0.5, 0.6) is 0 Å². The number of aromatic nitrogens is 3. The van der Waals surface area contributed by atoms with Gasteiger partial charge in [-0.05, 0) is 43.2 Å². The third-order valence-electron chi connectivity index (χ3n) is 7.08. The number of H-pyrrole nitrogens is 1. The predicted molar refractivity (Wildman–Crippen MR) is 127 cm³/mol. The first-order valence-corrected chi connectivity index (χ1v) is 11.8. The summed E-state index contributed by atoms with van der Waals surface area (Å²) in [5.41, 5.74) is 2.32. The van der Waals surface area contributed by atoms with Crippen molar-refractivity contribution in [3.05, 3.63) is 54.0 Å². The number of likely N-dealkylation sites (N-methyl/N-ethyl adjacent to an activating group) is 1. The van der Waals surface area contributed by atoms with E-state index in [0.717, 1.165) is 16.6 Å². The quantitative estimate of drug-likeness (QED) is 0.557. The number of nitrogens with one attached hydrogen (secondary N) is 2. The number of rotatable bonds is 6. The van der Waals surface area contributed by atoms with Crippen LogP contribution < -0.4 is 5.32 Å². The predicted octanol–water partition coefficient (Wildman–Crippen LogP) is 3.85. The zero-order valence-corrected chi connectivity index (χ0v) is 19.7. The molecule has 3 aromatic rings. The van der Waals surface area contributed by atoms with Crippen LogP contribution in [-0.4, -0.2) is 68.7 Å². The lowest BCUT2D eigenvalue weighted by molar-refractivity contribution is -0.160. The van der Waals surface area contributed by atoms with E-state index in [4.69, 9.17) is 0 Å². The number of pyridine rings is 2. The molecule has 2 atom stereocenters. The maximum Gasteiger partial charge on any atom is 0.255 e. The van der Waals surface area contributed by atoms with Gasteiger partial charge < -0.3 is 20.1 Å². The van der Waals surface area contributed by atoms with Gasteiger partial charge in [0.05, 0.1) is 17.6 Å².